The summed E-state index contributed by atoms with van der Waals surface area (Å²) in [7, 11) is 0. The van der Waals surface area contributed by atoms with Gasteiger partial charge in [0, 0.05) is 23.9 Å². The predicted octanol–water partition coefficient (Wildman–Crippen LogP) is -3.00. The van der Waals surface area contributed by atoms with Crippen LogP contribution in [0.3, 0.4) is 0 Å². The van der Waals surface area contributed by atoms with Crippen LogP contribution >= 0.6 is 0 Å². The molecule has 0 unspecified atom stereocenters. The molecular weight excluding hydrogens is 285 g/mol. The molecule has 0 saturated carbocycles. The number of aliphatic hydroxyl groups excluding tert-OH is 3. The van der Waals surface area contributed by atoms with Crippen molar-refractivity contribution >= 4 is 29.9 Å². The number of carbonyl (C=O) groups is 1. The molecule has 0 aromatic heterocycles. The number of nitrogens with one attached hydrogen (secondary N) is 1. The van der Waals surface area contributed by atoms with Crippen molar-refractivity contribution in [3.8, 4) is 0 Å². The molecule has 0 aromatic rings. The SMILES string of the molecule is O=C(O)CNC(CO)(CO)CO.[Sn]. The summed E-state index contributed by atoms with van der Waals surface area (Å²) in [6, 6.07) is 0. The molecule has 5 N–H and O–H groups in total. The first kappa shape index (κ1) is 15.6. The van der Waals surface area contributed by atoms with Gasteiger partial charge >= 0.3 is 5.97 Å². The van der Waals surface area contributed by atoms with E-state index in [1.165, 1.54) is 0 Å². The Kier molecular flexibility index (Phi) is 8.99. The minimum absolute atomic E-state index is 0. The molecule has 0 aliphatic rings. The fourth-order valence-electron chi connectivity index (χ4n) is 0.581. The standard InChI is InChI=1S/C6H13NO5.Sn/c8-2-6(3-9,4-10)7-1-5(11)12;/h7-10H,1-4H2,(H,11,12);. The third kappa shape index (κ3) is 5.42. The Labute approximate surface area is 92.5 Å². The van der Waals surface area contributed by atoms with Gasteiger partial charge in [0.05, 0.1) is 31.9 Å². The van der Waals surface area contributed by atoms with E-state index in [0.29, 0.717) is 0 Å². The van der Waals surface area contributed by atoms with Crippen LogP contribution in [-0.4, -0.2) is 82.2 Å². The normalized spacial score (nSPS) is 10.7. The summed E-state index contributed by atoms with van der Waals surface area (Å²) in [6.45, 7) is -1.98. The van der Waals surface area contributed by atoms with Crippen LogP contribution in [0.4, 0.5) is 0 Å². The molecule has 0 fully saturated rings. The van der Waals surface area contributed by atoms with Gasteiger partial charge in [-0.2, -0.15) is 0 Å². The van der Waals surface area contributed by atoms with Gasteiger partial charge in [0.2, 0.25) is 0 Å². The third-order valence-corrected chi connectivity index (χ3v) is 1.52. The van der Waals surface area contributed by atoms with Crippen LogP contribution in [0.2, 0.25) is 0 Å². The second-order valence-electron chi connectivity index (χ2n) is 2.50. The molecule has 4 radical (unpaired) electrons. The van der Waals surface area contributed by atoms with Gasteiger partial charge in [-0.15, -0.1) is 0 Å². The molecule has 0 rings (SSSR count). The topological polar surface area (TPSA) is 110 Å². The number of aliphatic hydroxyl groups is 3. The summed E-state index contributed by atoms with van der Waals surface area (Å²) >= 11 is 0. The first-order valence-electron chi connectivity index (χ1n) is 3.39. The molecular formula is C6H13NO5Sn. The zero-order valence-electron chi connectivity index (χ0n) is 7.03. The van der Waals surface area contributed by atoms with Crippen molar-refractivity contribution in [3.05, 3.63) is 0 Å². The van der Waals surface area contributed by atoms with Crippen LogP contribution in [0.5, 0.6) is 0 Å². The van der Waals surface area contributed by atoms with Crippen molar-refractivity contribution in [1.82, 2.24) is 5.32 Å². The summed E-state index contributed by atoms with van der Waals surface area (Å²) in [5.74, 6) is -1.12. The number of hydrogen-bond donors (Lipinski definition) is 5. The quantitative estimate of drug-likeness (QED) is 0.334. The molecule has 0 spiro atoms. The van der Waals surface area contributed by atoms with Crippen molar-refractivity contribution in [2.45, 2.75) is 5.54 Å². The molecule has 0 bridgehead atoms. The van der Waals surface area contributed by atoms with E-state index in [9.17, 15) is 4.79 Å². The van der Waals surface area contributed by atoms with E-state index in [4.69, 9.17) is 20.4 Å². The Morgan fingerprint density at radius 3 is 1.77 bits per heavy atom. The van der Waals surface area contributed by atoms with E-state index in [0.717, 1.165) is 0 Å². The fourth-order valence-corrected chi connectivity index (χ4v) is 0.581. The van der Waals surface area contributed by atoms with E-state index in [1.807, 2.05) is 0 Å². The monoisotopic (exact) mass is 299 g/mol. The van der Waals surface area contributed by atoms with E-state index in [1.54, 1.807) is 0 Å². The van der Waals surface area contributed by atoms with Gasteiger partial charge in [-0.05, 0) is 0 Å². The summed E-state index contributed by atoms with van der Waals surface area (Å²) in [5, 5.41) is 36.7. The molecule has 0 aromatic carbocycles. The van der Waals surface area contributed by atoms with Crippen LogP contribution in [0.15, 0.2) is 0 Å². The Balaban J connectivity index is 0. The second kappa shape index (κ2) is 7.51. The van der Waals surface area contributed by atoms with Crippen molar-refractivity contribution in [1.29, 1.82) is 0 Å². The van der Waals surface area contributed by atoms with Crippen molar-refractivity contribution in [2.75, 3.05) is 26.4 Å². The molecule has 13 heavy (non-hydrogen) atoms. The number of aliphatic carboxylic acids is 1. The van der Waals surface area contributed by atoms with Crippen LogP contribution in [0.1, 0.15) is 0 Å². The predicted molar refractivity (Wildman–Crippen MR) is 45.4 cm³/mol. The molecule has 0 atom stereocenters. The van der Waals surface area contributed by atoms with E-state index in [2.05, 4.69) is 5.32 Å². The molecule has 7 heteroatoms. The number of carboxylic acids is 1. The third-order valence-electron chi connectivity index (χ3n) is 1.52. The van der Waals surface area contributed by atoms with Gasteiger partial charge in [-0.1, -0.05) is 0 Å². The largest absolute Gasteiger partial charge is 0.480 e. The summed E-state index contributed by atoms with van der Waals surface area (Å²) < 4.78 is 0. The fraction of sp³-hybridized carbons (Fsp3) is 0.833. The van der Waals surface area contributed by atoms with Crippen LogP contribution in [0, 0.1) is 0 Å². The molecule has 6 nitrogen and oxygen atoms in total. The van der Waals surface area contributed by atoms with E-state index >= 15 is 0 Å². The van der Waals surface area contributed by atoms with Gasteiger partial charge < -0.3 is 20.4 Å². The van der Waals surface area contributed by atoms with Crippen molar-refractivity contribution < 1.29 is 25.2 Å². The Hall–Kier alpha value is 0.109. The molecule has 0 saturated heterocycles. The number of hydrogen-bond acceptors (Lipinski definition) is 5. The van der Waals surface area contributed by atoms with Crippen molar-refractivity contribution in [2.24, 2.45) is 0 Å². The molecule has 0 amide bonds. The van der Waals surface area contributed by atoms with E-state index < -0.39 is 37.9 Å². The number of rotatable bonds is 6. The first-order valence-corrected chi connectivity index (χ1v) is 3.39. The van der Waals surface area contributed by atoms with Gasteiger partial charge in [0.25, 0.3) is 0 Å². The average molecular weight is 298 g/mol. The summed E-state index contributed by atoms with van der Waals surface area (Å²) in [6.07, 6.45) is 0. The summed E-state index contributed by atoms with van der Waals surface area (Å²) in [4.78, 5) is 10.1. The molecule has 0 aliphatic heterocycles. The van der Waals surface area contributed by atoms with Gasteiger partial charge in [-0.25, -0.2) is 0 Å². The maximum atomic E-state index is 10.1. The maximum absolute atomic E-state index is 10.1. The first-order chi connectivity index (χ1) is 5.60. The Morgan fingerprint density at radius 2 is 1.54 bits per heavy atom. The van der Waals surface area contributed by atoms with Crippen LogP contribution in [0.25, 0.3) is 0 Å². The maximum Gasteiger partial charge on any atom is 0.317 e. The average Bonchev–Trinajstić information content (AvgIpc) is 2.08. The zero-order valence-corrected chi connectivity index (χ0v) is 9.88. The molecule has 0 aliphatic carbocycles. The molecule has 76 valence electrons. The minimum atomic E-state index is -1.31. The summed E-state index contributed by atoms with van der Waals surface area (Å²) in [5.41, 5.74) is -1.31. The smallest absolute Gasteiger partial charge is 0.317 e. The number of carboxylic acid groups (broad SMARTS) is 1. The van der Waals surface area contributed by atoms with Gasteiger partial charge in [0.1, 0.15) is 0 Å². The Morgan fingerprint density at radius 1 is 1.15 bits per heavy atom. The Bertz CT molecular complexity index is 142. The van der Waals surface area contributed by atoms with Gasteiger partial charge in [0.15, 0.2) is 0 Å². The van der Waals surface area contributed by atoms with Crippen LogP contribution in [-0.2, 0) is 4.79 Å². The minimum Gasteiger partial charge on any atom is -0.480 e. The van der Waals surface area contributed by atoms with Crippen molar-refractivity contribution in [3.63, 3.8) is 0 Å². The molecule has 0 heterocycles. The second-order valence-corrected chi connectivity index (χ2v) is 2.50. The van der Waals surface area contributed by atoms with Gasteiger partial charge in [-0.3, -0.25) is 10.1 Å². The van der Waals surface area contributed by atoms with Crippen LogP contribution < -0.4 is 5.32 Å². The van der Waals surface area contributed by atoms with E-state index in [-0.39, 0.29) is 23.9 Å². The zero-order chi connectivity index (χ0) is 9.61.